The maximum absolute atomic E-state index is 10.6. The zero-order valence-electron chi connectivity index (χ0n) is 8.73. The lowest BCUT2D eigenvalue weighted by Crippen LogP contribution is -2.19. The largest absolute Gasteiger partial charge is 0.394 e. The molecule has 1 aromatic carbocycles. The number of rotatable bonds is 4. The number of benzene rings is 1. The number of aryl methyl sites for hydroxylation is 1. The highest BCUT2D eigenvalue weighted by Crippen LogP contribution is 2.21. The quantitative estimate of drug-likeness (QED) is 0.585. The predicted molar refractivity (Wildman–Crippen MR) is 58.0 cm³/mol. The fraction of sp³-hybridized carbons (Fsp3) is 0.400. The third kappa shape index (κ3) is 2.92. The number of nitrogens with one attached hydrogen (secondary N) is 1. The average Bonchev–Trinajstić information content (AvgIpc) is 2.17. The first kappa shape index (κ1) is 11.5. The summed E-state index contributed by atoms with van der Waals surface area (Å²) in [5.41, 5.74) is 1.49. The second kappa shape index (κ2) is 4.75. The molecule has 0 aliphatic heterocycles. The van der Waals surface area contributed by atoms with E-state index in [0.717, 1.165) is 5.69 Å². The SMILES string of the molecule is Cc1cc(N[C@@H](C)CO)ccc1[N+](=O)[O-]. The van der Waals surface area contributed by atoms with Crippen LogP contribution in [-0.4, -0.2) is 22.7 Å². The first-order chi connectivity index (χ1) is 7.04. The molecule has 2 N–H and O–H groups in total. The number of nitro benzene ring substituents is 1. The lowest BCUT2D eigenvalue weighted by atomic mass is 10.1. The van der Waals surface area contributed by atoms with Crippen LogP contribution >= 0.6 is 0 Å². The van der Waals surface area contributed by atoms with Crippen molar-refractivity contribution in [1.82, 2.24) is 0 Å². The third-order valence-corrected chi connectivity index (χ3v) is 2.08. The van der Waals surface area contributed by atoms with Crippen LogP contribution in [0.1, 0.15) is 12.5 Å². The van der Waals surface area contributed by atoms with Crippen molar-refractivity contribution in [2.45, 2.75) is 19.9 Å². The van der Waals surface area contributed by atoms with Gasteiger partial charge in [-0.25, -0.2) is 0 Å². The van der Waals surface area contributed by atoms with Crippen molar-refractivity contribution < 1.29 is 10.0 Å². The second-order valence-corrected chi connectivity index (χ2v) is 3.49. The Hall–Kier alpha value is -1.62. The van der Waals surface area contributed by atoms with Gasteiger partial charge in [-0.05, 0) is 26.0 Å². The molecular formula is C10H14N2O3. The van der Waals surface area contributed by atoms with Gasteiger partial charge in [0, 0.05) is 23.4 Å². The molecule has 82 valence electrons. The summed E-state index contributed by atoms with van der Waals surface area (Å²) in [6, 6.07) is 4.73. The van der Waals surface area contributed by atoms with Crippen LogP contribution in [0.15, 0.2) is 18.2 Å². The van der Waals surface area contributed by atoms with Gasteiger partial charge in [-0.2, -0.15) is 0 Å². The summed E-state index contributed by atoms with van der Waals surface area (Å²) in [5, 5.41) is 22.4. The average molecular weight is 210 g/mol. The van der Waals surface area contributed by atoms with E-state index in [2.05, 4.69) is 5.32 Å². The number of anilines is 1. The number of nitro groups is 1. The maximum atomic E-state index is 10.6. The minimum Gasteiger partial charge on any atom is -0.394 e. The van der Waals surface area contributed by atoms with Gasteiger partial charge >= 0.3 is 0 Å². The summed E-state index contributed by atoms with van der Waals surface area (Å²) in [5.74, 6) is 0. The molecule has 0 unspecified atom stereocenters. The van der Waals surface area contributed by atoms with Crippen molar-refractivity contribution in [1.29, 1.82) is 0 Å². The smallest absolute Gasteiger partial charge is 0.272 e. The molecule has 5 nitrogen and oxygen atoms in total. The van der Waals surface area contributed by atoms with Crippen molar-refractivity contribution in [3.63, 3.8) is 0 Å². The molecule has 1 aromatic rings. The van der Waals surface area contributed by atoms with E-state index in [9.17, 15) is 10.1 Å². The van der Waals surface area contributed by atoms with Crippen LogP contribution in [0.25, 0.3) is 0 Å². The van der Waals surface area contributed by atoms with Gasteiger partial charge in [0.05, 0.1) is 11.5 Å². The minimum absolute atomic E-state index is 0.0238. The highest BCUT2D eigenvalue weighted by molar-refractivity contribution is 5.53. The van der Waals surface area contributed by atoms with E-state index >= 15 is 0 Å². The van der Waals surface area contributed by atoms with Crippen molar-refractivity contribution in [2.75, 3.05) is 11.9 Å². The van der Waals surface area contributed by atoms with E-state index in [0.29, 0.717) is 5.56 Å². The molecule has 0 spiro atoms. The Kier molecular flexibility index (Phi) is 3.62. The summed E-state index contributed by atoms with van der Waals surface area (Å²) >= 11 is 0. The molecule has 0 fully saturated rings. The molecule has 15 heavy (non-hydrogen) atoms. The van der Waals surface area contributed by atoms with Crippen LogP contribution in [-0.2, 0) is 0 Å². The Balaban J connectivity index is 2.87. The molecule has 0 aromatic heterocycles. The monoisotopic (exact) mass is 210 g/mol. The van der Waals surface area contributed by atoms with E-state index in [4.69, 9.17) is 5.11 Å². The Bertz CT molecular complexity index is 366. The molecule has 0 heterocycles. The Labute approximate surface area is 87.9 Å². The molecule has 0 saturated carbocycles. The van der Waals surface area contributed by atoms with E-state index in [-0.39, 0.29) is 18.3 Å². The highest BCUT2D eigenvalue weighted by Gasteiger charge is 2.10. The summed E-state index contributed by atoms with van der Waals surface area (Å²) in [7, 11) is 0. The normalized spacial score (nSPS) is 12.2. The fourth-order valence-corrected chi connectivity index (χ4v) is 1.28. The molecule has 0 radical (unpaired) electrons. The highest BCUT2D eigenvalue weighted by atomic mass is 16.6. The lowest BCUT2D eigenvalue weighted by molar-refractivity contribution is -0.385. The molecule has 1 atom stereocenters. The topological polar surface area (TPSA) is 75.4 Å². The zero-order valence-corrected chi connectivity index (χ0v) is 8.73. The standard InChI is InChI=1S/C10H14N2O3/c1-7-5-9(11-8(2)6-13)3-4-10(7)12(14)15/h3-5,8,11,13H,6H2,1-2H3/t8-/m0/s1. The zero-order chi connectivity index (χ0) is 11.4. The summed E-state index contributed by atoms with van der Waals surface area (Å²) in [6.45, 7) is 3.54. The first-order valence-electron chi connectivity index (χ1n) is 4.67. The van der Waals surface area contributed by atoms with Crippen LogP contribution in [0.3, 0.4) is 0 Å². The van der Waals surface area contributed by atoms with Gasteiger partial charge in [0.25, 0.3) is 5.69 Å². The molecule has 0 amide bonds. The Morgan fingerprint density at radius 2 is 2.27 bits per heavy atom. The van der Waals surface area contributed by atoms with E-state index in [1.54, 1.807) is 19.1 Å². The summed E-state index contributed by atoms with van der Waals surface area (Å²) < 4.78 is 0. The van der Waals surface area contributed by atoms with Crippen LogP contribution in [0.4, 0.5) is 11.4 Å². The van der Waals surface area contributed by atoms with Crippen LogP contribution in [0.2, 0.25) is 0 Å². The van der Waals surface area contributed by atoms with Gasteiger partial charge in [-0.15, -0.1) is 0 Å². The molecule has 0 aliphatic carbocycles. The van der Waals surface area contributed by atoms with Gasteiger partial charge in [-0.1, -0.05) is 0 Å². The first-order valence-corrected chi connectivity index (χ1v) is 4.67. The third-order valence-electron chi connectivity index (χ3n) is 2.08. The summed E-state index contributed by atoms with van der Waals surface area (Å²) in [4.78, 5) is 10.1. The van der Waals surface area contributed by atoms with Crippen molar-refractivity contribution in [3.8, 4) is 0 Å². The molecule has 1 rings (SSSR count). The van der Waals surface area contributed by atoms with Gasteiger partial charge in [0.1, 0.15) is 0 Å². The van der Waals surface area contributed by atoms with Gasteiger partial charge in [0.15, 0.2) is 0 Å². The number of aliphatic hydroxyl groups excluding tert-OH is 1. The van der Waals surface area contributed by atoms with Crippen molar-refractivity contribution >= 4 is 11.4 Å². The molecular weight excluding hydrogens is 196 g/mol. The molecule has 0 saturated heterocycles. The van der Waals surface area contributed by atoms with E-state index < -0.39 is 4.92 Å². The predicted octanol–water partition coefficient (Wildman–Crippen LogP) is 1.70. The van der Waals surface area contributed by atoms with Crippen molar-refractivity contribution in [2.24, 2.45) is 0 Å². The molecule has 0 aliphatic rings. The Morgan fingerprint density at radius 3 is 2.73 bits per heavy atom. The van der Waals surface area contributed by atoms with Crippen LogP contribution in [0.5, 0.6) is 0 Å². The number of hydrogen-bond donors (Lipinski definition) is 2. The van der Waals surface area contributed by atoms with E-state index in [1.807, 2.05) is 6.92 Å². The minimum atomic E-state index is -0.408. The maximum Gasteiger partial charge on any atom is 0.272 e. The van der Waals surface area contributed by atoms with Crippen LogP contribution in [0, 0.1) is 17.0 Å². The van der Waals surface area contributed by atoms with Crippen LogP contribution < -0.4 is 5.32 Å². The number of nitrogens with zero attached hydrogens (tertiary/aromatic N) is 1. The second-order valence-electron chi connectivity index (χ2n) is 3.49. The van der Waals surface area contributed by atoms with Gasteiger partial charge in [0.2, 0.25) is 0 Å². The Morgan fingerprint density at radius 1 is 1.60 bits per heavy atom. The molecule has 0 bridgehead atoms. The number of hydrogen-bond acceptors (Lipinski definition) is 4. The lowest BCUT2D eigenvalue weighted by Gasteiger charge is -2.12. The molecule has 5 heteroatoms. The fourth-order valence-electron chi connectivity index (χ4n) is 1.28. The summed E-state index contributed by atoms with van der Waals surface area (Å²) in [6.07, 6.45) is 0. The number of aliphatic hydroxyl groups is 1. The van der Waals surface area contributed by atoms with Gasteiger partial charge < -0.3 is 10.4 Å². The van der Waals surface area contributed by atoms with E-state index in [1.165, 1.54) is 6.07 Å². The van der Waals surface area contributed by atoms with Crippen molar-refractivity contribution in [3.05, 3.63) is 33.9 Å². The van der Waals surface area contributed by atoms with Gasteiger partial charge in [-0.3, -0.25) is 10.1 Å².